The van der Waals surface area contributed by atoms with Gasteiger partial charge in [-0.25, -0.2) is 0 Å². The van der Waals surface area contributed by atoms with E-state index in [0.29, 0.717) is 16.8 Å². The summed E-state index contributed by atoms with van der Waals surface area (Å²) in [5.74, 6) is -1.91. The first-order valence-corrected chi connectivity index (χ1v) is 11.5. The number of amides is 2. The summed E-state index contributed by atoms with van der Waals surface area (Å²) < 4.78 is 0. The predicted octanol–water partition coefficient (Wildman–Crippen LogP) is 5.06. The maximum Gasteiger partial charge on any atom is 0.290 e. The Morgan fingerprint density at radius 3 is 2.03 bits per heavy atom. The van der Waals surface area contributed by atoms with E-state index < -0.39 is 11.8 Å². The van der Waals surface area contributed by atoms with Crippen molar-refractivity contribution in [1.29, 1.82) is 5.41 Å². The first-order valence-electron chi connectivity index (χ1n) is 11.5. The first-order chi connectivity index (χ1) is 17.8. The van der Waals surface area contributed by atoms with Gasteiger partial charge < -0.3 is 21.5 Å². The van der Waals surface area contributed by atoms with Crippen LogP contribution in [0.3, 0.4) is 0 Å². The Morgan fingerprint density at radius 1 is 0.842 bits per heavy atom. The average Bonchev–Trinajstić information content (AvgIpc) is 2.90. The smallest absolute Gasteiger partial charge is 0.290 e. The Morgan fingerprint density at radius 2 is 1.42 bits per heavy atom. The van der Waals surface area contributed by atoms with Crippen molar-refractivity contribution in [2.75, 3.05) is 5.32 Å². The normalized spacial score (nSPS) is 11.5. The molecule has 0 saturated carbocycles. The molecule has 0 aliphatic heterocycles. The third-order valence-corrected chi connectivity index (χ3v) is 5.75. The van der Waals surface area contributed by atoms with E-state index >= 15 is 0 Å². The lowest BCUT2D eigenvalue weighted by Crippen LogP contribution is -2.37. The van der Waals surface area contributed by atoms with Gasteiger partial charge in [-0.1, -0.05) is 74.2 Å². The van der Waals surface area contributed by atoms with Crippen molar-refractivity contribution >= 4 is 40.6 Å². The molecule has 4 rings (SSSR count). The Bertz CT molecular complexity index is 1390. The van der Waals surface area contributed by atoms with Gasteiger partial charge in [0.1, 0.15) is 11.8 Å². The zero-order valence-electron chi connectivity index (χ0n) is 20.2. The van der Waals surface area contributed by atoms with E-state index in [0.717, 1.165) is 16.3 Å². The van der Waals surface area contributed by atoms with Gasteiger partial charge in [0.25, 0.3) is 6.47 Å². The van der Waals surface area contributed by atoms with Crippen molar-refractivity contribution in [2.24, 2.45) is 5.73 Å². The van der Waals surface area contributed by atoms with Crippen molar-refractivity contribution in [2.45, 2.75) is 26.3 Å². The molecular formula is C30H32N4O4. The standard InChI is InChI=1S/C28H26N4O2.CH2O2.CH4/c1-18(22-12-11-19-7-5-6-10-23(19)17-22)31-27(33)25(20-8-3-2-4-9-20)28(34)32-24-15-13-21(14-16-24)26(29)30;2-1-3;/h2-18,25H,1H3,(H3,29,30)(H,31,33)(H,32,34);1H,(H,2,3);1H4/t18-,25+;;/m0../s1. The minimum absolute atomic E-state index is 0. The fourth-order valence-electron chi connectivity index (χ4n) is 3.87. The van der Waals surface area contributed by atoms with Gasteiger partial charge in [-0.2, -0.15) is 0 Å². The van der Waals surface area contributed by atoms with Gasteiger partial charge in [-0.05, 0) is 59.2 Å². The molecule has 0 fully saturated rings. The van der Waals surface area contributed by atoms with E-state index in [1.807, 2.05) is 49.4 Å². The van der Waals surface area contributed by atoms with E-state index in [2.05, 4.69) is 16.7 Å². The minimum Gasteiger partial charge on any atom is -0.483 e. The van der Waals surface area contributed by atoms with E-state index in [1.54, 1.807) is 48.5 Å². The maximum absolute atomic E-state index is 13.3. The van der Waals surface area contributed by atoms with Crippen molar-refractivity contribution < 1.29 is 19.5 Å². The maximum atomic E-state index is 13.3. The average molecular weight is 513 g/mol. The van der Waals surface area contributed by atoms with Gasteiger partial charge in [-0.3, -0.25) is 19.8 Å². The summed E-state index contributed by atoms with van der Waals surface area (Å²) in [6.45, 7) is 1.66. The molecule has 0 bridgehead atoms. The zero-order chi connectivity index (χ0) is 26.8. The molecule has 0 aliphatic rings. The SMILES string of the molecule is C.C[C@H](NC(=O)[C@H](C(=O)Nc1ccc(C(=N)N)cc1)c1ccccc1)c1ccc2ccccc2c1.O=CO. The molecule has 8 heteroatoms. The summed E-state index contributed by atoms with van der Waals surface area (Å²) >= 11 is 0. The summed E-state index contributed by atoms with van der Waals surface area (Å²) in [4.78, 5) is 34.9. The fourth-order valence-corrected chi connectivity index (χ4v) is 3.87. The van der Waals surface area contributed by atoms with Crippen LogP contribution in [0.15, 0.2) is 97.1 Å². The van der Waals surface area contributed by atoms with Crippen molar-refractivity contribution in [1.82, 2.24) is 5.32 Å². The number of carbonyl (C=O) groups excluding carboxylic acids is 2. The largest absolute Gasteiger partial charge is 0.483 e. The first kappa shape index (κ1) is 29.3. The summed E-state index contributed by atoms with van der Waals surface area (Å²) in [5, 5.41) is 22.4. The number of carbonyl (C=O) groups is 3. The lowest BCUT2D eigenvalue weighted by atomic mass is 9.95. The Kier molecular flexibility index (Phi) is 10.7. The monoisotopic (exact) mass is 512 g/mol. The Balaban J connectivity index is 0.00000121. The summed E-state index contributed by atoms with van der Waals surface area (Å²) in [7, 11) is 0. The van der Waals surface area contributed by atoms with Crippen LogP contribution >= 0.6 is 0 Å². The van der Waals surface area contributed by atoms with Gasteiger partial charge in [0, 0.05) is 11.3 Å². The number of benzene rings is 4. The third-order valence-electron chi connectivity index (χ3n) is 5.75. The second-order valence-corrected chi connectivity index (χ2v) is 8.27. The van der Waals surface area contributed by atoms with Gasteiger partial charge in [0.15, 0.2) is 0 Å². The number of anilines is 1. The topological polar surface area (TPSA) is 145 Å². The molecule has 0 saturated heterocycles. The third kappa shape index (κ3) is 7.51. The quantitative estimate of drug-likeness (QED) is 0.102. The molecule has 0 aromatic heterocycles. The van der Waals surface area contributed by atoms with Gasteiger partial charge in [-0.15, -0.1) is 0 Å². The Hall–Kier alpha value is -4.98. The Labute approximate surface area is 222 Å². The molecule has 4 aromatic rings. The number of fused-ring (bicyclic) bond motifs is 1. The number of nitrogens with one attached hydrogen (secondary N) is 3. The molecule has 0 aliphatic carbocycles. The summed E-state index contributed by atoms with van der Waals surface area (Å²) in [6, 6.07) is 29.4. The van der Waals surface area contributed by atoms with Crippen molar-refractivity contribution in [3.05, 3.63) is 114 Å². The van der Waals surface area contributed by atoms with Gasteiger partial charge in [0.05, 0.1) is 6.04 Å². The number of carboxylic acid groups (broad SMARTS) is 1. The lowest BCUT2D eigenvalue weighted by molar-refractivity contribution is -0.129. The summed E-state index contributed by atoms with van der Waals surface area (Å²) in [5.41, 5.74) is 8.13. The van der Waals surface area contributed by atoms with Crippen LogP contribution in [0.4, 0.5) is 5.69 Å². The van der Waals surface area contributed by atoms with Crippen molar-refractivity contribution in [3.8, 4) is 0 Å². The molecule has 2 atom stereocenters. The highest BCUT2D eigenvalue weighted by Crippen LogP contribution is 2.23. The zero-order valence-corrected chi connectivity index (χ0v) is 20.2. The lowest BCUT2D eigenvalue weighted by Gasteiger charge is -2.21. The van der Waals surface area contributed by atoms with E-state index in [9.17, 15) is 9.59 Å². The molecule has 38 heavy (non-hydrogen) atoms. The van der Waals surface area contributed by atoms with Crippen LogP contribution in [-0.4, -0.2) is 29.2 Å². The number of hydrogen-bond acceptors (Lipinski definition) is 4. The molecule has 4 aromatic carbocycles. The number of amidine groups is 1. The van der Waals surface area contributed by atoms with Crippen LogP contribution in [0.25, 0.3) is 10.8 Å². The molecule has 0 radical (unpaired) electrons. The van der Waals surface area contributed by atoms with E-state index in [1.165, 1.54) is 0 Å². The number of rotatable bonds is 7. The van der Waals surface area contributed by atoms with E-state index in [4.69, 9.17) is 21.0 Å². The minimum atomic E-state index is -1.03. The second-order valence-electron chi connectivity index (χ2n) is 8.27. The second kappa shape index (κ2) is 13.9. The predicted molar refractivity (Wildman–Crippen MR) is 151 cm³/mol. The number of nitrogens with two attached hydrogens (primary N) is 1. The number of nitrogen functional groups attached to an aromatic ring is 1. The van der Waals surface area contributed by atoms with Gasteiger partial charge in [0.2, 0.25) is 11.8 Å². The van der Waals surface area contributed by atoms with Crippen LogP contribution in [0.5, 0.6) is 0 Å². The van der Waals surface area contributed by atoms with Gasteiger partial charge >= 0.3 is 0 Å². The van der Waals surface area contributed by atoms with Crippen LogP contribution in [0.2, 0.25) is 0 Å². The van der Waals surface area contributed by atoms with Crippen LogP contribution < -0.4 is 16.4 Å². The highest BCUT2D eigenvalue weighted by atomic mass is 16.3. The summed E-state index contributed by atoms with van der Waals surface area (Å²) in [6.07, 6.45) is 0. The number of hydrogen-bond donors (Lipinski definition) is 5. The molecular weight excluding hydrogens is 480 g/mol. The molecule has 2 amide bonds. The van der Waals surface area contributed by atoms with E-state index in [-0.39, 0.29) is 31.7 Å². The van der Waals surface area contributed by atoms with Crippen LogP contribution in [-0.2, 0) is 14.4 Å². The van der Waals surface area contributed by atoms with Crippen molar-refractivity contribution in [3.63, 3.8) is 0 Å². The molecule has 0 heterocycles. The molecule has 0 unspecified atom stereocenters. The highest BCUT2D eigenvalue weighted by molar-refractivity contribution is 6.11. The molecule has 8 nitrogen and oxygen atoms in total. The molecule has 6 N–H and O–H groups in total. The molecule has 196 valence electrons. The molecule has 0 spiro atoms. The highest BCUT2D eigenvalue weighted by Gasteiger charge is 2.29. The fraction of sp³-hybridized carbons (Fsp3) is 0.133. The van der Waals surface area contributed by atoms with Crippen LogP contribution in [0.1, 0.15) is 43.0 Å². The van der Waals surface area contributed by atoms with Crippen LogP contribution in [0, 0.1) is 5.41 Å².